The van der Waals surface area contributed by atoms with E-state index in [0.29, 0.717) is 22.2 Å². The van der Waals surface area contributed by atoms with Crippen molar-refractivity contribution in [3.63, 3.8) is 0 Å². The van der Waals surface area contributed by atoms with Crippen LogP contribution >= 0.6 is 0 Å². The van der Waals surface area contributed by atoms with Crippen LogP contribution in [0.3, 0.4) is 0 Å². The predicted molar refractivity (Wildman–Crippen MR) is 91.7 cm³/mol. The summed E-state index contributed by atoms with van der Waals surface area (Å²) in [6, 6.07) is 14.2. The molecular formula is C18H11N3O3. The minimum Gasteiger partial charge on any atom is -0.463 e. The number of carbonyl (C=O) groups is 1. The summed E-state index contributed by atoms with van der Waals surface area (Å²) in [5.41, 5.74) is 2.18. The summed E-state index contributed by atoms with van der Waals surface area (Å²) in [4.78, 5) is 24.3. The van der Waals surface area contributed by atoms with E-state index in [4.69, 9.17) is 4.42 Å². The van der Waals surface area contributed by atoms with Crippen molar-refractivity contribution in [1.82, 2.24) is 0 Å². The van der Waals surface area contributed by atoms with Gasteiger partial charge in [0.15, 0.2) is 5.71 Å². The van der Waals surface area contributed by atoms with E-state index >= 15 is 0 Å². The van der Waals surface area contributed by atoms with Crippen molar-refractivity contribution < 1.29 is 9.21 Å². The molecule has 0 aliphatic carbocycles. The maximum absolute atomic E-state index is 12.3. The molecule has 2 aromatic carbocycles. The third-order valence-corrected chi connectivity index (χ3v) is 3.71. The molecule has 0 fully saturated rings. The zero-order valence-electron chi connectivity index (χ0n) is 12.4. The predicted octanol–water partition coefficient (Wildman–Crippen LogP) is 2.57. The van der Waals surface area contributed by atoms with Gasteiger partial charge in [-0.25, -0.2) is 0 Å². The summed E-state index contributed by atoms with van der Waals surface area (Å²) in [5, 5.41) is 11.0. The average molecular weight is 317 g/mol. The fourth-order valence-corrected chi connectivity index (χ4v) is 2.53. The number of fused-ring (bicyclic) bond motifs is 2. The smallest absolute Gasteiger partial charge is 0.276 e. The average Bonchev–Trinajstić information content (AvgIpc) is 2.93. The first-order chi connectivity index (χ1) is 11.7. The SMILES string of the molecule is O=C1Nc2ccccc2/C1=N/N=C/c1coc2ccccc2c1=O. The molecule has 1 aliphatic rings. The van der Waals surface area contributed by atoms with Gasteiger partial charge in [0.25, 0.3) is 5.91 Å². The van der Waals surface area contributed by atoms with Crippen LogP contribution in [0.15, 0.2) is 74.2 Å². The highest BCUT2D eigenvalue weighted by Gasteiger charge is 2.25. The summed E-state index contributed by atoms with van der Waals surface area (Å²) >= 11 is 0. The molecule has 4 rings (SSSR count). The van der Waals surface area contributed by atoms with Gasteiger partial charge in [0.1, 0.15) is 11.8 Å². The maximum Gasteiger partial charge on any atom is 0.276 e. The highest BCUT2D eigenvalue weighted by atomic mass is 16.3. The summed E-state index contributed by atoms with van der Waals surface area (Å²) < 4.78 is 5.40. The first-order valence-corrected chi connectivity index (χ1v) is 7.26. The Balaban J connectivity index is 1.71. The van der Waals surface area contributed by atoms with Crippen molar-refractivity contribution in [1.29, 1.82) is 0 Å². The van der Waals surface area contributed by atoms with Crippen LogP contribution in [0.1, 0.15) is 11.1 Å². The van der Waals surface area contributed by atoms with Crippen molar-refractivity contribution in [3.05, 3.63) is 76.1 Å². The molecule has 0 atom stereocenters. The number of nitrogens with one attached hydrogen (secondary N) is 1. The molecule has 1 aromatic heterocycles. The first-order valence-electron chi connectivity index (χ1n) is 7.26. The van der Waals surface area contributed by atoms with Crippen LogP contribution in [0.5, 0.6) is 0 Å². The molecule has 116 valence electrons. The molecule has 0 radical (unpaired) electrons. The quantitative estimate of drug-likeness (QED) is 0.582. The van der Waals surface area contributed by atoms with E-state index in [0.717, 1.165) is 0 Å². The van der Waals surface area contributed by atoms with Gasteiger partial charge in [-0.1, -0.05) is 30.3 Å². The van der Waals surface area contributed by atoms with E-state index in [2.05, 4.69) is 15.5 Å². The Morgan fingerprint density at radius 2 is 1.79 bits per heavy atom. The lowest BCUT2D eigenvalue weighted by molar-refractivity contribution is -0.110. The lowest BCUT2D eigenvalue weighted by Crippen LogP contribution is -2.14. The topological polar surface area (TPSA) is 84.0 Å². The van der Waals surface area contributed by atoms with Crippen LogP contribution in [0, 0.1) is 0 Å². The van der Waals surface area contributed by atoms with Gasteiger partial charge < -0.3 is 9.73 Å². The molecule has 1 amide bonds. The van der Waals surface area contributed by atoms with Crippen LogP contribution < -0.4 is 10.7 Å². The molecule has 6 nitrogen and oxygen atoms in total. The fourth-order valence-electron chi connectivity index (χ4n) is 2.53. The van der Waals surface area contributed by atoms with Crippen molar-refractivity contribution in [2.24, 2.45) is 10.2 Å². The lowest BCUT2D eigenvalue weighted by Gasteiger charge is -1.96. The number of benzene rings is 2. The van der Waals surface area contributed by atoms with Gasteiger partial charge in [-0.2, -0.15) is 5.10 Å². The molecule has 0 saturated carbocycles. The summed E-state index contributed by atoms with van der Waals surface area (Å²) in [7, 11) is 0. The van der Waals surface area contributed by atoms with Crippen LogP contribution in [0.25, 0.3) is 11.0 Å². The van der Waals surface area contributed by atoms with Crippen molar-refractivity contribution in [2.75, 3.05) is 5.32 Å². The molecule has 1 aliphatic heterocycles. The van der Waals surface area contributed by atoms with Crippen LogP contribution in [0.2, 0.25) is 0 Å². The van der Waals surface area contributed by atoms with E-state index in [1.165, 1.54) is 12.5 Å². The Hall–Kier alpha value is -3.54. The largest absolute Gasteiger partial charge is 0.463 e. The Morgan fingerprint density at radius 3 is 2.71 bits per heavy atom. The highest BCUT2D eigenvalue weighted by molar-refractivity contribution is 6.53. The van der Waals surface area contributed by atoms with Gasteiger partial charge in [0.05, 0.1) is 22.9 Å². The number of carbonyl (C=O) groups excluding carboxylic acids is 1. The normalized spacial score (nSPS) is 15.2. The second kappa shape index (κ2) is 5.58. The zero-order valence-corrected chi connectivity index (χ0v) is 12.4. The van der Waals surface area contributed by atoms with Crippen molar-refractivity contribution in [3.8, 4) is 0 Å². The van der Waals surface area contributed by atoms with Gasteiger partial charge in [0, 0.05) is 5.56 Å². The van der Waals surface area contributed by atoms with Gasteiger partial charge in [-0.3, -0.25) is 9.59 Å². The number of nitrogens with zero attached hydrogens (tertiary/aromatic N) is 2. The number of para-hydroxylation sites is 2. The Labute approximate surface area is 136 Å². The summed E-state index contributed by atoms with van der Waals surface area (Å²) in [6.45, 7) is 0. The number of hydrogen-bond donors (Lipinski definition) is 1. The number of anilines is 1. The molecule has 0 bridgehead atoms. The molecule has 0 spiro atoms. The lowest BCUT2D eigenvalue weighted by atomic mass is 10.1. The highest BCUT2D eigenvalue weighted by Crippen LogP contribution is 2.22. The number of amides is 1. The molecule has 0 saturated heterocycles. The maximum atomic E-state index is 12.3. The number of hydrogen-bond acceptors (Lipinski definition) is 5. The Morgan fingerprint density at radius 1 is 1.00 bits per heavy atom. The molecule has 3 aromatic rings. The van der Waals surface area contributed by atoms with Crippen LogP contribution in [-0.4, -0.2) is 17.8 Å². The van der Waals surface area contributed by atoms with Crippen molar-refractivity contribution in [2.45, 2.75) is 0 Å². The zero-order chi connectivity index (χ0) is 16.5. The van der Waals surface area contributed by atoms with Crippen molar-refractivity contribution >= 4 is 34.5 Å². The van der Waals surface area contributed by atoms with Gasteiger partial charge in [0.2, 0.25) is 5.43 Å². The molecule has 0 unspecified atom stereocenters. The minimum atomic E-state index is -0.320. The van der Waals surface area contributed by atoms with Gasteiger partial charge in [-0.15, -0.1) is 5.10 Å². The van der Waals surface area contributed by atoms with Gasteiger partial charge in [-0.05, 0) is 18.2 Å². The summed E-state index contributed by atoms with van der Waals surface area (Å²) in [5.74, 6) is -0.320. The first kappa shape index (κ1) is 14.1. The van der Waals surface area contributed by atoms with E-state index in [1.54, 1.807) is 36.4 Å². The molecule has 24 heavy (non-hydrogen) atoms. The van der Waals surface area contributed by atoms with E-state index in [1.807, 2.05) is 12.1 Å². The standard InChI is InChI=1S/C18H11N3O3/c22-17-11(10-24-15-8-4-2-6-13(15)17)9-19-21-16-12-5-1-3-7-14(12)20-18(16)23/h1-10H,(H,20,21,23)/b19-9+. The molecule has 1 N–H and O–H groups in total. The third-order valence-electron chi connectivity index (χ3n) is 3.71. The Bertz CT molecular complexity index is 1080. The summed E-state index contributed by atoms with van der Waals surface area (Å²) in [6.07, 6.45) is 2.62. The van der Waals surface area contributed by atoms with Crippen LogP contribution in [-0.2, 0) is 4.79 Å². The minimum absolute atomic E-state index is 0.197. The molecule has 6 heteroatoms. The second-order valence-electron chi connectivity index (χ2n) is 5.21. The van der Waals surface area contributed by atoms with Gasteiger partial charge >= 0.3 is 0 Å². The number of rotatable bonds is 2. The molecular weight excluding hydrogens is 306 g/mol. The monoisotopic (exact) mass is 317 g/mol. The second-order valence-corrected chi connectivity index (χ2v) is 5.21. The fraction of sp³-hybridized carbons (Fsp3) is 0. The Kier molecular flexibility index (Phi) is 3.28. The molecule has 2 heterocycles. The van der Waals surface area contributed by atoms with Crippen LogP contribution in [0.4, 0.5) is 5.69 Å². The third kappa shape index (κ3) is 2.30. The van der Waals surface area contributed by atoms with E-state index in [9.17, 15) is 9.59 Å². The van der Waals surface area contributed by atoms with E-state index in [-0.39, 0.29) is 22.6 Å². The van der Waals surface area contributed by atoms with E-state index < -0.39 is 0 Å².